The molecule has 2 heteroatoms. The molecule has 1 aromatic carbocycles. The number of hydrogen-bond donors (Lipinski definition) is 1. The fourth-order valence-electron chi connectivity index (χ4n) is 1.61. The minimum Gasteiger partial charge on any atom is -0.508 e. The first kappa shape index (κ1) is 10.9. The van der Waals surface area contributed by atoms with Crippen molar-refractivity contribution in [1.82, 2.24) is 0 Å². The van der Waals surface area contributed by atoms with Gasteiger partial charge in [-0.1, -0.05) is 6.92 Å². The lowest BCUT2D eigenvalue weighted by Crippen LogP contribution is -2.32. The first-order valence-electron chi connectivity index (χ1n) is 5.24. The van der Waals surface area contributed by atoms with Gasteiger partial charge in [0.25, 0.3) is 0 Å². The van der Waals surface area contributed by atoms with Crippen LogP contribution < -0.4 is 4.90 Å². The van der Waals surface area contributed by atoms with E-state index < -0.39 is 0 Å². The van der Waals surface area contributed by atoms with Gasteiger partial charge < -0.3 is 10.0 Å². The molecule has 0 bridgehead atoms. The standard InChI is InChI=1S/C12H19NO/c1-4-10(3)13(5-2)11-6-8-12(14)9-7-11/h6-10,14H,4-5H2,1-3H3. The van der Waals surface area contributed by atoms with Gasteiger partial charge in [0.2, 0.25) is 0 Å². The smallest absolute Gasteiger partial charge is 0.115 e. The Bertz CT molecular complexity index is 268. The van der Waals surface area contributed by atoms with Gasteiger partial charge in [-0.15, -0.1) is 0 Å². The van der Waals surface area contributed by atoms with Crippen molar-refractivity contribution in [3.8, 4) is 5.75 Å². The van der Waals surface area contributed by atoms with Gasteiger partial charge in [0, 0.05) is 18.3 Å². The largest absolute Gasteiger partial charge is 0.508 e. The molecular formula is C12H19NO. The van der Waals surface area contributed by atoms with E-state index in [-0.39, 0.29) is 0 Å². The average molecular weight is 193 g/mol. The van der Waals surface area contributed by atoms with Crippen molar-refractivity contribution in [3.05, 3.63) is 24.3 Å². The predicted octanol–water partition coefficient (Wildman–Crippen LogP) is 3.02. The maximum absolute atomic E-state index is 9.19. The minimum atomic E-state index is 0.328. The molecular weight excluding hydrogens is 174 g/mol. The molecule has 0 fully saturated rings. The van der Waals surface area contributed by atoms with Gasteiger partial charge in [-0.2, -0.15) is 0 Å². The Labute approximate surface area is 86.2 Å². The molecule has 0 aliphatic rings. The zero-order valence-corrected chi connectivity index (χ0v) is 9.20. The fraction of sp³-hybridized carbons (Fsp3) is 0.500. The number of benzene rings is 1. The molecule has 14 heavy (non-hydrogen) atoms. The monoisotopic (exact) mass is 193 g/mol. The summed E-state index contributed by atoms with van der Waals surface area (Å²) in [5.74, 6) is 0.328. The third-order valence-corrected chi connectivity index (χ3v) is 2.64. The summed E-state index contributed by atoms with van der Waals surface area (Å²) < 4.78 is 0. The van der Waals surface area contributed by atoms with E-state index in [9.17, 15) is 5.11 Å². The Hall–Kier alpha value is -1.18. The predicted molar refractivity (Wildman–Crippen MR) is 60.9 cm³/mol. The molecule has 1 aromatic rings. The number of rotatable bonds is 4. The normalized spacial score (nSPS) is 12.5. The molecule has 0 aromatic heterocycles. The molecule has 2 nitrogen and oxygen atoms in total. The second-order valence-corrected chi connectivity index (χ2v) is 3.56. The van der Waals surface area contributed by atoms with Crippen molar-refractivity contribution < 1.29 is 5.11 Å². The molecule has 0 saturated heterocycles. The van der Waals surface area contributed by atoms with Gasteiger partial charge >= 0.3 is 0 Å². The van der Waals surface area contributed by atoms with Gasteiger partial charge in [-0.25, -0.2) is 0 Å². The summed E-state index contributed by atoms with van der Waals surface area (Å²) in [6, 6.07) is 7.95. The Morgan fingerprint density at radius 3 is 2.21 bits per heavy atom. The van der Waals surface area contributed by atoms with Crippen LogP contribution in [0.2, 0.25) is 0 Å². The van der Waals surface area contributed by atoms with Crippen molar-refractivity contribution in [2.45, 2.75) is 33.2 Å². The number of anilines is 1. The van der Waals surface area contributed by atoms with Crippen LogP contribution in [0.15, 0.2) is 24.3 Å². The highest BCUT2D eigenvalue weighted by atomic mass is 16.3. The molecule has 78 valence electrons. The van der Waals surface area contributed by atoms with Gasteiger partial charge in [0.15, 0.2) is 0 Å². The molecule has 0 heterocycles. The Kier molecular flexibility index (Phi) is 3.81. The van der Waals surface area contributed by atoms with Crippen molar-refractivity contribution in [2.75, 3.05) is 11.4 Å². The number of phenols is 1. The molecule has 0 saturated carbocycles. The van der Waals surface area contributed by atoms with E-state index in [4.69, 9.17) is 0 Å². The van der Waals surface area contributed by atoms with Crippen LogP contribution in [0.3, 0.4) is 0 Å². The van der Waals surface area contributed by atoms with Crippen molar-refractivity contribution in [3.63, 3.8) is 0 Å². The molecule has 1 unspecified atom stereocenters. The Morgan fingerprint density at radius 2 is 1.79 bits per heavy atom. The summed E-state index contributed by atoms with van der Waals surface area (Å²) >= 11 is 0. The third kappa shape index (κ3) is 2.41. The second kappa shape index (κ2) is 4.89. The van der Waals surface area contributed by atoms with E-state index in [1.165, 1.54) is 5.69 Å². The lowest BCUT2D eigenvalue weighted by atomic mass is 10.2. The van der Waals surface area contributed by atoms with Gasteiger partial charge in [0.05, 0.1) is 0 Å². The molecule has 0 radical (unpaired) electrons. The van der Waals surface area contributed by atoms with Crippen molar-refractivity contribution >= 4 is 5.69 Å². The number of aromatic hydroxyl groups is 1. The van der Waals surface area contributed by atoms with Crippen LogP contribution in [0.25, 0.3) is 0 Å². The molecule has 0 aliphatic heterocycles. The first-order chi connectivity index (χ1) is 6.69. The summed E-state index contributed by atoms with van der Waals surface area (Å²) in [4.78, 5) is 2.33. The summed E-state index contributed by atoms with van der Waals surface area (Å²) in [6.45, 7) is 7.56. The van der Waals surface area contributed by atoms with E-state index in [1.807, 2.05) is 12.1 Å². The minimum absolute atomic E-state index is 0.328. The number of hydrogen-bond acceptors (Lipinski definition) is 2. The lowest BCUT2D eigenvalue weighted by molar-refractivity contribution is 0.475. The van der Waals surface area contributed by atoms with Gasteiger partial charge in [0.1, 0.15) is 5.75 Å². The molecule has 0 amide bonds. The number of phenolic OH excluding ortho intramolecular Hbond substituents is 1. The van der Waals surface area contributed by atoms with E-state index >= 15 is 0 Å². The zero-order valence-electron chi connectivity index (χ0n) is 9.20. The summed E-state index contributed by atoms with van der Waals surface area (Å²) in [5.41, 5.74) is 1.18. The molecule has 0 spiro atoms. The van der Waals surface area contributed by atoms with Crippen LogP contribution in [0.4, 0.5) is 5.69 Å². The van der Waals surface area contributed by atoms with Crippen LogP contribution in [0, 0.1) is 0 Å². The average Bonchev–Trinajstić information content (AvgIpc) is 2.21. The molecule has 1 atom stereocenters. The lowest BCUT2D eigenvalue weighted by Gasteiger charge is -2.29. The SMILES string of the molecule is CCC(C)N(CC)c1ccc(O)cc1. The third-order valence-electron chi connectivity index (χ3n) is 2.64. The summed E-state index contributed by atoms with van der Waals surface area (Å²) in [5, 5.41) is 9.19. The Balaban J connectivity index is 2.84. The maximum Gasteiger partial charge on any atom is 0.115 e. The highest BCUT2D eigenvalue weighted by Crippen LogP contribution is 2.20. The number of nitrogens with zero attached hydrogens (tertiary/aromatic N) is 1. The fourth-order valence-corrected chi connectivity index (χ4v) is 1.61. The highest BCUT2D eigenvalue weighted by Gasteiger charge is 2.10. The van der Waals surface area contributed by atoms with E-state index in [0.29, 0.717) is 11.8 Å². The first-order valence-corrected chi connectivity index (χ1v) is 5.24. The van der Waals surface area contributed by atoms with Crippen molar-refractivity contribution in [1.29, 1.82) is 0 Å². The van der Waals surface area contributed by atoms with E-state index in [2.05, 4.69) is 25.7 Å². The van der Waals surface area contributed by atoms with Gasteiger partial charge in [-0.05, 0) is 44.5 Å². The van der Waals surface area contributed by atoms with Crippen LogP contribution in [0.1, 0.15) is 27.2 Å². The summed E-state index contributed by atoms with van der Waals surface area (Å²) in [7, 11) is 0. The quantitative estimate of drug-likeness (QED) is 0.794. The second-order valence-electron chi connectivity index (χ2n) is 3.56. The molecule has 1 rings (SSSR count). The van der Waals surface area contributed by atoms with Gasteiger partial charge in [-0.3, -0.25) is 0 Å². The van der Waals surface area contributed by atoms with Crippen LogP contribution in [-0.2, 0) is 0 Å². The van der Waals surface area contributed by atoms with Crippen molar-refractivity contribution in [2.24, 2.45) is 0 Å². The topological polar surface area (TPSA) is 23.5 Å². The molecule has 1 N–H and O–H groups in total. The zero-order chi connectivity index (χ0) is 10.6. The van der Waals surface area contributed by atoms with E-state index in [0.717, 1.165) is 13.0 Å². The van der Waals surface area contributed by atoms with E-state index in [1.54, 1.807) is 12.1 Å². The van der Waals surface area contributed by atoms with Crippen LogP contribution in [0.5, 0.6) is 5.75 Å². The molecule has 0 aliphatic carbocycles. The Morgan fingerprint density at radius 1 is 1.21 bits per heavy atom. The summed E-state index contributed by atoms with van der Waals surface area (Å²) in [6.07, 6.45) is 1.13. The maximum atomic E-state index is 9.19. The highest BCUT2D eigenvalue weighted by molar-refractivity contribution is 5.49. The van der Waals surface area contributed by atoms with Crippen LogP contribution >= 0.6 is 0 Å². The van der Waals surface area contributed by atoms with Crippen LogP contribution in [-0.4, -0.2) is 17.7 Å².